The van der Waals surface area contributed by atoms with Crippen molar-refractivity contribution < 1.29 is 25.8 Å². The van der Waals surface area contributed by atoms with Crippen molar-refractivity contribution in [3.05, 3.63) is 71.4 Å². The first-order chi connectivity index (χ1) is 8.68. The molecule has 0 N–H and O–H groups in total. The zero-order chi connectivity index (χ0) is 13.2. The Kier molecular flexibility index (Phi) is 10.8. The number of rotatable bonds is 0. The van der Waals surface area contributed by atoms with Gasteiger partial charge in [0.1, 0.15) is 0 Å². The van der Waals surface area contributed by atoms with E-state index in [0.29, 0.717) is 0 Å². The van der Waals surface area contributed by atoms with E-state index in [1.807, 2.05) is 0 Å². The first kappa shape index (κ1) is 18.3. The predicted molar refractivity (Wildman–Crippen MR) is 78.6 cm³/mol. The van der Waals surface area contributed by atoms with Crippen LogP contribution in [0.4, 0.5) is 0 Å². The van der Waals surface area contributed by atoms with Gasteiger partial charge in [-0.25, -0.2) is 34.9 Å². The Morgan fingerprint density at radius 1 is 0.632 bits per heavy atom. The first-order valence-corrected chi connectivity index (χ1v) is 6.40. The molecule has 0 amide bonds. The van der Waals surface area contributed by atoms with Gasteiger partial charge in [-0.2, -0.15) is 18.2 Å². The molecule has 1 heteroatoms. The molecule has 0 aromatic carbocycles. The summed E-state index contributed by atoms with van der Waals surface area (Å²) < 4.78 is 0. The maximum atomic E-state index is 3.12. The van der Waals surface area contributed by atoms with Gasteiger partial charge in [0.05, 0.1) is 0 Å². The zero-order valence-corrected chi connectivity index (χ0v) is 14.0. The van der Waals surface area contributed by atoms with Crippen molar-refractivity contribution in [2.24, 2.45) is 0 Å². The van der Waals surface area contributed by atoms with Gasteiger partial charge in [0.15, 0.2) is 0 Å². The van der Waals surface area contributed by atoms with Crippen LogP contribution in [0, 0.1) is 18.2 Å². The average molecular weight is 282 g/mol. The Hall–Kier alpha value is -0.690. The second-order valence-corrected chi connectivity index (χ2v) is 4.40. The topological polar surface area (TPSA) is 0 Å². The van der Waals surface area contributed by atoms with Gasteiger partial charge in [-0.05, 0) is 0 Å². The molecule has 0 atom stereocenters. The van der Waals surface area contributed by atoms with E-state index < -0.39 is 0 Å². The maximum absolute atomic E-state index is 3.12. The summed E-state index contributed by atoms with van der Waals surface area (Å²) in [6, 6.07) is 0. The third-order valence-electron chi connectivity index (χ3n) is 2.60. The molecule has 0 heterocycles. The molecular formula is C18H21Sc. The summed E-state index contributed by atoms with van der Waals surface area (Å²) in [4.78, 5) is 0. The summed E-state index contributed by atoms with van der Waals surface area (Å²) in [7, 11) is 0. The van der Waals surface area contributed by atoms with Gasteiger partial charge in [-0.1, -0.05) is 20.8 Å². The minimum absolute atomic E-state index is 0. The molecule has 0 nitrogen and oxygen atoms in total. The molecule has 0 aliphatic heterocycles. The van der Waals surface area contributed by atoms with E-state index in [1.54, 1.807) is 0 Å². The molecule has 0 aromatic heterocycles. The molecular weight excluding hydrogens is 261 g/mol. The van der Waals surface area contributed by atoms with Crippen molar-refractivity contribution in [1.29, 1.82) is 0 Å². The van der Waals surface area contributed by atoms with Gasteiger partial charge >= 0.3 is 25.8 Å². The second kappa shape index (κ2) is 11.2. The standard InChI is InChI=1S/3C6H7.Sc/c3*1-6-4-2-3-5-6;/h3*2,4H,3H2,1H3;/q3*-1;+3. The molecule has 0 saturated carbocycles. The fraction of sp³-hybridized carbons (Fsp3) is 0.333. The van der Waals surface area contributed by atoms with Crippen molar-refractivity contribution in [3.8, 4) is 0 Å². The minimum atomic E-state index is 0. The average Bonchev–Trinajstić information content (AvgIpc) is 3.05. The van der Waals surface area contributed by atoms with Crippen LogP contribution in [0.15, 0.2) is 53.2 Å². The molecule has 3 rings (SSSR count). The van der Waals surface area contributed by atoms with Gasteiger partial charge < -0.3 is 0 Å². The van der Waals surface area contributed by atoms with E-state index in [2.05, 4.69) is 75.5 Å². The van der Waals surface area contributed by atoms with Crippen LogP contribution in [0.3, 0.4) is 0 Å². The van der Waals surface area contributed by atoms with E-state index in [9.17, 15) is 0 Å². The van der Waals surface area contributed by atoms with Gasteiger partial charge in [0.25, 0.3) is 0 Å². The van der Waals surface area contributed by atoms with E-state index in [4.69, 9.17) is 0 Å². The van der Waals surface area contributed by atoms with Crippen LogP contribution in [0.5, 0.6) is 0 Å². The second-order valence-electron chi connectivity index (χ2n) is 4.40. The summed E-state index contributed by atoms with van der Waals surface area (Å²) in [6.45, 7) is 6.18. The molecule has 0 bridgehead atoms. The Balaban J connectivity index is 0.000000249. The summed E-state index contributed by atoms with van der Waals surface area (Å²) in [5.41, 5.74) is 3.82. The molecule has 0 spiro atoms. The third-order valence-corrected chi connectivity index (χ3v) is 2.60. The fourth-order valence-corrected chi connectivity index (χ4v) is 1.54. The van der Waals surface area contributed by atoms with Gasteiger partial charge in [-0.3, -0.25) is 18.2 Å². The summed E-state index contributed by atoms with van der Waals surface area (Å²) in [6.07, 6.45) is 25.0. The number of hydrogen-bond acceptors (Lipinski definition) is 0. The Labute approximate surface area is 137 Å². The molecule has 0 unspecified atom stereocenters. The van der Waals surface area contributed by atoms with Crippen molar-refractivity contribution in [1.82, 2.24) is 0 Å². The van der Waals surface area contributed by atoms with Crippen LogP contribution >= 0.6 is 0 Å². The van der Waals surface area contributed by atoms with Crippen LogP contribution in [-0.4, -0.2) is 0 Å². The molecule has 0 saturated heterocycles. The van der Waals surface area contributed by atoms with E-state index in [1.165, 1.54) is 16.7 Å². The van der Waals surface area contributed by atoms with Gasteiger partial charge in [0.2, 0.25) is 0 Å². The summed E-state index contributed by atoms with van der Waals surface area (Å²) in [5, 5.41) is 0. The molecule has 0 radical (unpaired) electrons. The zero-order valence-electron chi connectivity index (χ0n) is 12.2. The van der Waals surface area contributed by atoms with Crippen molar-refractivity contribution in [3.63, 3.8) is 0 Å². The number of allylic oxidation sites excluding steroid dienone is 12. The molecule has 0 aromatic rings. The maximum Gasteiger partial charge on any atom is 3.00 e. The molecule has 0 fully saturated rings. The van der Waals surface area contributed by atoms with Crippen LogP contribution in [0.25, 0.3) is 0 Å². The van der Waals surface area contributed by atoms with Crippen LogP contribution in [0.1, 0.15) is 40.0 Å². The molecule has 3 aliphatic rings. The third kappa shape index (κ3) is 9.84. The SMILES string of the molecule is CC1=[C-]CC=C1.CC1=[C-]CC=C1.CC1=[C-]CC=C1.[Sc+3]. The first-order valence-electron chi connectivity index (χ1n) is 6.40. The van der Waals surface area contributed by atoms with Gasteiger partial charge in [0, 0.05) is 0 Å². The smallest absolute Gasteiger partial charge is 0.270 e. The molecule has 96 valence electrons. The largest absolute Gasteiger partial charge is 3.00 e. The van der Waals surface area contributed by atoms with E-state index in [0.717, 1.165) is 19.3 Å². The van der Waals surface area contributed by atoms with Crippen LogP contribution in [-0.2, 0) is 25.8 Å². The normalized spacial score (nSPS) is 17.5. The fourth-order valence-electron chi connectivity index (χ4n) is 1.54. The monoisotopic (exact) mass is 282 g/mol. The van der Waals surface area contributed by atoms with Crippen molar-refractivity contribution in [2.75, 3.05) is 0 Å². The predicted octanol–water partition coefficient (Wildman–Crippen LogP) is 5.08. The molecule has 19 heavy (non-hydrogen) atoms. The van der Waals surface area contributed by atoms with Crippen molar-refractivity contribution >= 4 is 0 Å². The van der Waals surface area contributed by atoms with E-state index >= 15 is 0 Å². The van der Waals surface area contributed by atoms with Crippen LogP contribution < -0.4 is 0 Å². The number of hydrogen-bond donors (Lipinski definition) is 0. The summed E-state index contributed by atoms with van der Waals surface area (Å²) >= 11 is 0. The minimum Gasteiger partial charge on any atom is -0.270 e. The van der Waals surface area contributed by atoms with Crippen LogP contribution in [0.2, 0.25) is 0 Å². The quantitative estimate of drug-likeness (QED) is 0.543. The van der Waals surface area contributed by atoms with Gasteiger partial charge in [-0.15, -0.1) is 19.3 Å². The van der Waals surface area contributed by atoms with E-state index in [-0.39, 0.29) is 25.8 Å². The Morgan fingerprint density at radius 2 is 0.895 bits per heavy atom. The Bertz CT molecular complexity index is 354. The Morgan fingerprint density at radius 3 is 0.947 bits per heavy atom. The summed E-state index contributed by atoms with van der Waals surface area (Å²) in [5.74, 6) is 0. The van der Waals surface area contributed by atoms with Crippen molar-refractivity contribution in [2.45, 2.75) is 40.0 Å². The molecule has 3 aliphatic carbocycles.